The van der Waals surface area contributed by atoms with E-state index in [1.165, 1.54) is 0 Å². The predicted molar refractivity (Wildman–Crippen MR) is 54.7 cm³/mol. The fourth-order valence-electron chi connectivity index (χ4n) is 1.28. The standard InChI is InChI=1S/C8H2Cl2F5N3O/c9-2-1-3-5(16-4(2)10)17-6(18(3)19)7(11,12)8(13,14)15/h1,19H. The van der Waals surface area contributed by atoms with Crippen LogP contribution in [-0.2, 0) is 5.92 Å². The van der Waals surface area contributed by atoms with Gasteiger partial charge in [-0.05, 0) is 6.07 Å². The molecule has 2 aromatic rings. The lowest BCUT2D eigenvalue weighted by Crippen LogP contribution is -2.36. The summed E-state index contributed by atoms with van der Waals surface area (Å²) >= 11 is 11.0. The molecule has 0 aromatic carbocycles. The predicted octanol–water partition coefficient (Wildman–Crippen LogP) is 3.63. The second kappa shape index (κ2) is 4.07. The van der Waals surface area contributed by atoms with Crippen molar-refractivity contribution in [2.24, 2.45) is 0 Å². The Morgan fingerprint density at radius 1 is 1.11 bits per heavy atom. The second-order valence-corrected chi connectivity index (χ2v) is 4.19. The normalized spacial score (nSPS) is 13.2. The van der Waals surface area contributed by atoms with Crippen LogP contribution in [0.2, 0.25) is 10.2 Å². The summed E-state index contributed by atoms with van der Waals surface area (Å²) in [6, 6.07) is 0.870. The highest BCUT2D eigenvalue weighted by Gasteiger charge is 2.62. The van der Waals surface area contributed by atoms with E-state index in [2.05, 4.69) is 9.97 Å². The number of halogens is 7. The van der Waals surface area contributed by atoms with Gasteiger partial charge in [-0.1, -0.05) is 23.2 Å². The molecule has 19 heavy (non-hydrogen) atoms. The first kappa shape index (κ1) is 14.1. The van der Waals surface area contributed by atoms with Gasteiger partial charge in [-0.15, -0.1) is 0 Å². The van der Waals surface area contributed by atoms with Crippen molar-refractivity contribution in [3.8, 4) is 0 Å². The summed E-state index contributed by atoms with van der Waals surface area (Å²) in [6.07, 6.45) is -5.91. The van der Waals surface area contributed by atoms with Crippen molar-refractivity contribution in [1.29, 1.82) is 0 Å². The Kier molecular flexibility index (Phi) is 3.01. The van der Waals surface area contributed by atoms with Crippen LogP contribution in [0.3, 0.4) is 0 Å². The number of nitrogens with zero attached hydrogens (tertiary/aromatic N) is 3. The molecule has 0 amide bonds. The Hall–Kier alpha value is -1.35. The third-order valence-corrected chi connectivity index (χ3v) is 2.84. The zero-order valence-corrected chi connectivity index (χ0v) is 10.0. The minimum Gasteiger partial charge on any atom is -0.426 e. The van der Waals surface area contributed by atoms with Gasteiger partial charge in [0, 0.05) is 0 Å². The maximum atomic E-state index is 13.1. The van der Waals surface area contributed by atoms with Crippen LogP contribution in [-0.4, -0.2) is 26.1 Å². The summed E-state index contributed by atoms with van der Waals surface area (Å²) in [5.74, 6) is -7.26. The van der Waals surface area contributed by atoms with E-state index in [0.717, 1.165) is 6.07 Å². The van der Waals surface area contributed by atoms with Crippen LogP contribution in [0, 0.1) is 0 Å². The summed E-state index contributed by atoms with van der Waals surface area (Å²) in [7, 11) is 0. The summed E-state index contributed by atoms with van der Waals surface area (Å²) < 4.78 is 62.4. The molecule has 0 bridgehead atoms. The van der Waals surface area contributed by atoms with E-state index >= 15 is 0 Å². The number of pyridine rings is 1. The third-order valence-electron chi connectivity index (χ3n) is 2.17. The molecule has 0 aliphatic rings. The highest BCUT2D eigenvalue weighted by atomic mass is 35.5. The van der Waals surface area contributed by atoms with Crippen molar-refractivity contribution in [2.75, 3.05) is 0 Å². The van der Waals surface area contributed by atoms with Gasteiger partial charge in [-0.2, -0.15) is 26.7 Å². The Morgan fingerprint density at radius 3 is 2.21 bits per heavy atom. The molecule has 0 spiro atoms. The molecule has 2 rings (SSSR count). The maximum Gasteiger partial charge on any atom is 0.461 e. The van der Waals surface area contributed by atoms with Crippen molar-refractivity contribution in [2.45, 2.75) is 12.1 Å². The molecule has 104 valence electrons. The molecule has 2 aromatic heterocycles. The minimum absolute atomic E-state index is 0.230. The van der Waals surface area contributed by atoms with Crippen molar-refractivity contribution < 1.29 is 27.2 Å². The van der Waals surface area contributed by atoms with Crippen molar-refractivity contribution in [1.82, 2.24) is 14.7 Å². The number of fused-ring (bicyclic) bond motifs is 1. The molecule has 0 aliphatic carbocycles. The van der Waals surface area contributed by atoms with E-state index in [1.54, 1.807) is 0 Å². The molecule has 1 N–H and O–H groups in total. The van der Waals surface area contributed by atoms with Crippen LogP contribution < -0.4 is 0 Å². The van der Waals surface area contributed by atoms with Crippen molar-refractivity contribution in [3.63, 3.8) is 0 Å². The molecular weight excluding hydrogens is 320 g/mol. The molecule has 0 saturated carbocycles. The van der Waals surface area contributed by atoms with Gasteiger partial charge in [-0.3, -0.25) is 0 Å². The smallest absolute Gasteiger partial charge is 0.426 e. The van der Waals surface area contributed by atoms with E-state index in [9.17, 15) is 27.2 Å². The van der Waals surface area contributed by atoms with Gasteiger partial charge < -0.3 is 5.21 Å². The number of hydrogen-bond donors (Lipinski definition) is 1. The average molecular weight is 322 g/mol. The van der Waals surface area contributed by atoms with E-state index in [4.69, 9.17) is 23.2 Å². The van der Waals surface area contributed by atoms with Crippen molar-refractivity contribution >= 4 is 34.4 Å². The molecule has 0 unspecified atom stereocenters. The molecule has 4 nitrogen and oxygen atoms in total. The van der Waals surface area contributed by atoms with Gasteiger partial charge >= 0.3 is 12.1 Å². The largest absolute Gasteiger partial charge is 0.461 e. The molecule has 2 heterocycles. The van der Waals surface area contributed by atoms with Gasteiger partial charge in [0.15, 0.2) is 5.65 Å². The van der Waals surface area contributed by atoms with E-state index in [1.807, 2.05) is 0 Å². The summed E-state index contributed by atoms with van der Waals surface area (Å²) in [5, 5.41) is 8.77. The topological polar surface area (TPSA) is 50.9 Å². The average Bonchev–Trinajstić information content (AvgIpc) is 2.56. The van der Waals surface area contributed by atoms with Gasteiger partial charge in [-0.25, -0.2) is 9.97 Å². The lowest BCUT2D eigenvalue weighted by Gasteiger charge is -2.17. The Balaban J connectivity index is 2.74. The molecular formula is C8H2Cl2F5N3O. The number of hydrogen-bond acceptors (Lipinski definition) is 3. The number of alkyl halides is 5. The Bertz CT molecular complexity index is 654. The first-order valence-corrected chi connectivity index (χ1v) is 5.20. The van der Waals surface area contributed by atoms with Crippen LogP contribution in [0.4, 0.5) is 22.0 Å². The lowest BCUT2D eigenvalue weighted by atomic mass is 10.3. The number of rotatable bonds is 1. The minimum atomic E-state index is -5.91. The molecule has 0 radical (unpaired) electrons. The van der Waals surface area contributed by atoms with Crippen LogP contribution >= 0.6 is 23.2 Å². The summed E-state index contributed by atoms with van der Waals surface area (Å²) in [5.41, 5.74) is -1.11. The third kappa shape index (κ3) is 2.06. The van der Waals surface area contributed by atoms with Crippen LogP contribution in [0.25, 0.3) is 11.2 Å². The lowest BCUT2D eigenvalue weighted by molar-refractivity contribution is -0.295. The second-order valence-electron chi connectivity index (χ2n) is 3.42. The quantitative estimate of drug-likeness (QED) is 0.495. The molecule has 11 heteroatoms. The Morgan fingerprint density at radius 2 is 1.68 bits per heavy atom. The molecule has 0 fully saturated rings. The maximum absolute atomic E-state index is 13.1. The summed E-state index contributed by atoms with van der Waals surface area (Å²) in [6.45, 7) is 0. The van der Waals surface area contributed by atoms with Gasteiger partial charge in [0.25, 0.3) is 0 Å². The van der Waals surface area contributed by atoms with E-state index < -0.39 is 33.8 Å². The molecule has 0 atom stereocenters. The fourth-order valence-corrected chi connectivity index (χ4v) is 1.56. The van der Waals surface area contributed by atoms with Crippen molar-refractivity contribution in [3.05, 3.63) is 22.1 Å². The van der Waals surface area contributed by atoms with Gasteiger partial charge in [0.05, 0.1) is 5.02 Å². The summed E-state index contributed by atoms with van der Waals surface area (Å²) in [4.78, 5) is 6.33. The van der Waals surface area contributed by atoms with Gasteiger partial charge in [0.2, 0.25) is 5.82 Å². The fraction of sp³-hybridized carbons (Fsp3) is 0.250. The zero-order chi connectivity index (χ0) is 14.6. The van der Waals surface area contributed by atoms with Crippen LogP contribution in [0.5, 0.6) is 0 Å². The van der Waals surface area contributed by atoms with E-state index in [0.29, 0.717) is 0 Å². The number of imidazole rings is 1. The molecule has 0 aliphatic heterocycles. The van der Waals surface area contributed by atoms with Gasteiger partial charge in [0.1, 0.15) is 10.7 Å². The molecule has 0 saturated heterocycles. The van der Waals surface area contributed by atoms with Crippen LogP contribution in [0.15, 0.2) is 6.07 Å². The highest BCUT2D eigenvalue weighted by molar-refractivity contribution is 6.41. The van der Waals surface area contributed by atoms with Crippen LogP contribution in [0.1, 0.15) is 5.82 Å². The monoisotopic (exact) mass is 321 g/mol. The SMILES string of the molecule is On1c(C(F)(F)C(F)(F)F)nc2nc(Cl)c(Cl)cc21. The first-order valence-electron chi connectivity index (χ1n) is 4.44. The first-order chi connectivity index (χ1) is 8.55. The zero-order valence-electron chi connectivity index (χ0n) is 8.51. The number of aromatic nitrogens is 3. The Labute approximate surface area is 111 Å². The highest BCUT2D eigenvalue weighted by Crippen LogP contribution is 2.43. The van der Waals surface area contributed by atoms with E-state index in [-0.39, 0.29) is 10.2 Å².